The first kappa shape index (κ1) is 27.8. The summed E-state index contributed by atoms with van der Waals surface area (Å²) in [6.07, 6.45) is 1.61. The van der Waals surface area contributed by atoms with Gasteiger partial charge in [-0.3, -0.25) is 4.79 Å². The zero-order chi connectivity index (χ0) is 23.5. The van der Waals surface area contributed by atoms with Crippen LogP contribution in [0.15, 0.2) is 30.3 Å². The Kier molecular flexibility index (Phi) is 11.6. The van der Waals surface area contributed by atoms with Gasteiger partial charge in [0.25, 0.3) is 0 Å². The fourth-order valence-corrected chi connectivity index (χ4v) is 3.81. The number of alkyl carbamates (subject to hydrolysis) is 1. The number of sulfonamides is 1. The molecule has 1 aromatic carbocycles. The third-order valence-corrected chi connectivity index (χ3v) is 6.03. The predicted octanol–water partition coefficient (Wildman–Crippen LogP) is 3.99. The van der Waals surface area contributed by atoms with E-state index in [1.54, 1.807) is 58.9 Å². The minimum Gasteiger partial charge on any atom is -0.444 e. The van der Waals surface area contributed by atoms with Gasteiger partial charge in [0.1, 0.15) is 11.9 Å². The zero-order valence-corrected chi connectivity index (χ0v) is 20.2. The molecule has 30 heavy (non-hydrogen) atoms. The fraction of sp³-hybridized carbons (Fsp3) is 0.545. The first-order valence-corrected chi connectivity index (χ1v) is 11.5. The molecular weight excluding hydrogens is 404 g/mol. The van der Waals surface area contributed by atoms with E-state index in [1.165, 1.54) is 11.4 Å². The molecule has 0 aliphatic carbocycles. The van der Waals surface area contributed by atoms with E-state index in [-0.39, 0.29) is 10.9 Å². The molecule has 8 heteroatoms. The number of ether oxygens (including phenoxy) is 1. The van der Waals surface area contributed by atoms with Crippen molar-refractivity contribution in [3.05, 3.63) is 41.5 Å². The van der Waals surface area contributed by atoms with Crippen LogP contribution in [0.4, 0.5) is 4.79 Å². The van der Waals surface area contributed by atoms with Gasteiger partial charge in [0.05, 0.1) is 4.91 Å². The highest BCUT2D eigenvalue weighted by Gasteiger charge is 2.26. The van der Waals surface area contributed by atoms with Gasteiger partial charge < -0.3 is 10.1 Å². The summed E-state index contributed by atoms with van der Waals surface area (Å²) in [4.78, 5) is 22.6. The van der Waals surface area contributed by atoms with Crippen molar-refractivity contribution in [2.24, 2.45) is 0 Å². The molecule has 1 aromatic rings. The normalized spacial score (nSPS) is 12.3. The summed E-state index contributed by atoms with van der Waals surface area (Å²) in [6.45, 7) is 13.3. The van der Waals surface area contributed by atoms with Gasteiger partial charge in [-0.25, -0.2) is 13.2 Å². The van der Waals surface area contributed by atoms with Gasteiger partial charge in [-0.05, 0) is 58.2 Å². The van der Waals surface area contributed by atoms with Crippen LogP contribution in [-0.4, -0.2) is 50.3 Å². The van der Waals surface area contributed by atoms with Crippen LogP contribution >= 0.6 is 0 Å². The van der Waals surface area contributed by atoms with Crippen molar-refractivity contribution in [3.63, 3.8) is 0 Å². The summed E-state index contributed by atoms with van der Waals surface area (Å²) >= 11 is 0. The average molecular weight is 441 g/mol. The lowest BCUT2D eigenvalue weighted by atomic mass is 10.1. The predicted molar refractivity (Wildman–Crippen MR) is 122 cm³/mol. The first-order valence-electron chi connectivity index (χ1n) is 10.1. The number of nitrogens with one attached hydrogen (secondary N) is 1. The number of nitrogens with zero attached hydrogens (tertiary/aromatic N) is 1. The van der Waals surface area contributed by atoms with Crippen LogP contribution in [-0.2, 0) is 26.0 Å². The molecule has 0 unspecified atom stereocenters. The third-order valence-electron chi connectivity index (χ3n) is 3.92. The fourth-order valence-electron chi connectivity index (χ4n) is 2.28. The van der Waals surface area contributed by atoms with E-state index in [2.05, 4.69) is 5.32 Å². The van der Waals surface area contributed by atoms with E-state index in [1.807, 2.05) is 13.8 Å². The Balaban J connectivity index is 0.00000407. The lowest BCUT2D eigenvalue weighted by Crippen LogP contribution is -2.33. The van der Waals surface area contributed by atoms with Crippen molar-refractivity contribution in [2.75, 3.05) is 13.6 Å². The highest BCUT2D eigenvalue weighted by atomic mass is 32.2. The van der Waals surface area contributed by atoms with Crippen LogP contribution in [0.5, 0.6) is 0 Å². The van der Waals surface area contributed by atoms with Gasteiger partial charge in [-0.2, -0.15) is 4.31 Å². The maximum Gasteiger partial charge on any atom is 0.407 e. The van der Waals surface area contributed by atoms with E-state index in [4.69, 9.17) is 4.74 Å². The van der Waals surface area contributed by atoms with Crippen molar-refractivity contribution >= 4 is 27.3 Å². The molecule has 1 rings (SSSR count). The molecule has 0 fully saturated rings. The molecule has 1 amide bonds. The highest BCUT2D eigenvalue weighted by Crippen LogP contribution is 2.25. The quantitative estimate of drug-likeness (QED) is 0.487. The van der Waals surface area contributed by atoms with Gasteiger partial charge >= 0.3 is 6.09 Å². The van der Waals surface area contributed by atoms with E-state index < -0.39 is 21.7 Å². The average Bonchev–Trinajstić information content (AvgIpc) is 2.66. The lowest BCUT2D eigenvalue weighted by Gasteiger charge is -2.22. The third kappa shape index (κ3) is 9.09. The Morgan fingerprint density at radius 3 is 2.13 bits per heavy atom. The number of amides is 1. The van der Waals surface area contributed by atoms with Crippen LogP contribution in [0.25, 0.3) is 4.91 Å². The van der Waals surface area contributed by atoms with E-state index in [0.717, 1.165) is 11.6 Å². The summed E-state index contributed by atoms with van der Waals surface area (Å²) in [7, 11) is -2.30. The molecule has 0 aromatic heterocycles. The van der Waals surface area contributed by atoms with Crippen molar-refractivity contribution in [1.29, 1.82) is 0 Å². The largest absolute Gasteiger partial charge is 0.444 e. The van der Waals surface area contributed by atoms with Gasteiger partial charge in [0.2, 0.25) is 10.0 Å². The molecule has 7 nitrogen and oxygen atoms in total. The maximum absolute atomic E-state index is 12.7. The summed E-state index contributed by atoms with van der Waals surface area (Å²) < 4.78 is 31.9. The van der Waals surface area contributed by atoms with Gasteiger partial charge in [-0.15, -0.1) is 0 Å². The van der Waals surface area contributed by atoms with Crippen molar-refractivity contribution < 1.29 is 22.7 Å². The molecule has 0 spiro atoms. The van der Waals surface area contributed by atoms with Crippen molar-refractivity contribution in [1.82, 2.24) is 9.62 Å². The molecule has 0 heterocycles. The van der Waals surface area contributed by atoms with E-state index in [9.17, 15) is 18.0 Å². The van der Waals surface area contributed by atoms with Gasteiger partial charge in [-0.1, -0.05) is 38.1 Å². The molecule has 0 radical (unpaired) electrons. The molecule has 0 saturated heterocycles. The minimum atomic E-state index is -3.78. The number of hydrogen-bond donors (Lipinski definition) is 1. The van der Waals surface area contributed by atoms with Crippen LogP contribution in [0.2, 0.25) is 0 Å². The van der Waals surface area contributed by atoms with E-state index in [0.29, 0.717) is 24.8 Å². The number of hydrogen-bond acceptors (Lipinski definition) is 5. The molecule has 0 aliphatic heterocycles. The number of carbonyl (C=O) groups excluding carboxylic acids is 2. The van der Waals surface area contributed by atoms with Crippen LogP contribution in [0.3, 0.4) is 0 Å². The number of aldehydes is 1. The van der Waals surface area contributed by atoms with Crippen LogP contribution in [0, 0.1) is 0 Å². The summed E-state index contributed by atoms with van der Waals surface area (Å²) in [6, 6.07) is 6.62. The lowest BCUT2D eigenvalue weighted by molar-refractivity contribution is -0.104. The summed E-state index contributed by atoms with van der Waals surface area (Å²) in [5.41, 5.74) is 0.796. The second kappa shape index (κ2) is 12.5. The number of rotatable bonds is 8. The Bertz CT molecular complexity index is 807. The minimum absolute atomic E-state index is 0.0443. The smallest absolute Gasteiger partial charge is 0.407 e. The molecular formula is C22H36N2O5S. The Morgan fingerprint density at radius 2 is 1.70 bits per heavy atom. The SMILES string of the molecule is CC.CC(C)N(C)S(=O)(=O)/C(=C\C=O)c1ccc(CCNC(=O)OC(C)(C)C)cc1. The van der Waals surface area contributed by atoms with E-state index >= 15 is 0 Å². The first-order chi connectivity index (χ1) is 13.9. The monoisotopic (exact) mass is 440 g/mol. The standard InChI is InChI=1S/C20H30N2O5S.C2H6/c1-15(2)22(6)28(25,26)18(12-14-23)17-9-7-16(8-10-17)11-13-21-19(24)27-20(3,4)5;1-2/h7-10,12,14-15H,11,13H2,1-6H3,(H,21,24);1-2H3/b18-12-;. The number of allylic oxidation sites excluding steroid dienone is 1. The number of carbonyl (C=O) groups is 2. The Hall–Kier alpha value is -2.19. The van der Waals surface area contributed by atoms with Crippen LogP contribution < -0.4 is 5.32 Å². The Morgan fingerprint density at radius 1 is 1.17 bits per heavy atom. The number of benzene rings is 1. The molecule has 0 atom stereocenters. The molecule has 0 aliphatic rings. The molecule has 170 valence electrons. The molecule has 1 N–H and O–H groups in total. The topological polar surface area (TPSA) is 92.8 Å². The van der Waals surface area contributed by atoms with Crippen molar-refractivity contribution in [3.8, 4) is 0 Å². The maximum atomic E-state index is 12.7. The zero-order valence-electron chi connectivity index (χ0n) is 19.4. The summed E-state index contributed by atoms with van der Waals surface area (Å²) in [5, 5.41) is 2.68. The molecule has 0 bridgehead atoms. The van der Waals surface area contributed by atoms with Gasteiger partial charge in [0, 0.05) is 19.6 Å². The Labute approximate surface area is 181 Å². The van der Waals surface area contributed by atoms with Gasteiger partial charge in [0.15, 0.2) is 0 Å². The second-order valence-electron chi connectivity index (χ2n) is 7.66. The van der Waals surface area contributed by atoms with Crippen molar-refractivity contribution in [2.45, 2.75) is 66.5 Å². The highest BCUT2D eigenvalue weighted by molar-refractivity contribution is 7.98. The molecule has 0 saturated carbocycles. The second-order valence-corrected chi connectivity index (χ2v) is 9.62. The summed E-state index contributed by atoms with van der Waals surface area (Å²) in [5.74, 6) is 0. The van der Waals surface area contributed by atoms with Crippen LogP contribution in [0.1, 0.15) is 59.6 Å².